The van der Waals surface area contributed by atoms with E-state index in [2.05, 4.69) is 15.2 Å². The van der Waals surface area contributed by atoms with Crippen LogP contribution in [-0.4, -0.2) is 51.2 Å². The summed E-state index contributed by atoms with van der Waals surface area (Å²) in [7, 11) is -0.525. The van der Waals surface area contributed by atoms with Crippen LogP contribution in [0.15, 0.2) is 52.5 Å². The number of sulfonamides is 1. The predicted octanol–water partition coefficient (Wildman–Crippen LogP) is 3.22. The van der Waals surface area contributed by atoms with Gasteiger partial charge in [-0.3, -0.25) is 0 Å². The summed E-state index contributed by atoms with van der Waals surface area (Å²) in [5.41, 5.74) is 2.19. The van der Waals surface area contributed by atoms with Crippen LogP contribution >= 0.6 is 23.4 Å². The van der Waals surface area contributed by atoms with E-state index >= 15 is 0 Å². The summed E-state index contributed by atoms with van der Waals surface area (Å²) in [6.07, 6.45) is 0. The van der Waals surface area contributed by atoms with Gasteiger partial charge in [0.05, 0.1) is 26.7 Å². The van der Waals surface area contributed by atoms with E-state index in [0.717, 1.165) is 11.3 Å². The molecule has 2 aromatic heterocycles. The quantitative estimate of drug-likeness (QED) is 0.312. The van der Waals surface area contributed by atoms with Crippen molar-refractivity contribution in [1.82, 2.24) is 28.7 Å². The maximum Gasteiger partial charge on any atom is 0.242 e. The molecule has 0 aliphatic heterocycles. The van der Waals surface area contributed by atoms with Gasteiger partial charge in [0.2, 0.25) is 15.2 Å². The molecular formula is C20H22ClN7O2S2. The number of aromatic nitrogens is 5. The molecule has 0 bridgehead atoms. The van der Waals surface area contributed by atoms with Crippen LogP contribution in [0.5, 0.6) is 0 Å². The summed E-state index contributed by atoms with van der Waals surface area (Å²) in [5, 5.41) is 9.44. The largest absolute Gasteiger partial charge is 0.335 e. The highest BCUT2D eigenvalue weighted by Gasteiger charge is 2.20. The molecular weight excluding hydrogens is 470 g/mol. The summed E-state index contributed by atoms with van der Waals surface area (Å²) in [6.45, 7) is 2.70. The Morgan fingerprint density at radius 3 is 2.59 bits per heavy atom. The van der Waals surface area contributed by atoms with Crippen molar-refractivity contribution in [2.45, 2.75) is 29.3 Å². The predicted molar refractivity (Wildman–Crippen MR) is 126 cm³/mol. The van der Waals surface area contributed by atoms with E-state index in [0.29, 0.717) is 39.4 Å². The second-order valence-electron chi connectivity index (χ2n) is 7.15. The van der Waals surface area contributed by atoms with Crippen molar-refractivity contribution in [3.63, 3.8) is 0 Å². The van der Waals surface area contributed by atoms with Crippen molar-refractivity contribution in [2.75, 3.05) is 19.9 Å². The summed E-state index contributed by atoms with van der Waals surface area (Å²) in [6, 6.07) is 12.3. The van der Waals surface area contributed by atoms with E-state index < -0.39 is 10.0 Å². The Morgan fingerprint density at radius 1 is 1.16 bits per heavy atom. The van der Waals surface area contributed by atoms with Gasteiger partial charge in [-0.15, -0.1) is 10.2 Å². The number of nitrogen functional groups attached to an aromatic ring is 1. The molecule has 0 amide bonds. The summed E-state index contributed by atoms with van der Waals surface area (Å²) in [5.74, 6) is 7.97. The number of halogens is 1. The third kappa shape index (κ3) is 3.96. The lowest BCUT2D eigenvalue weighted by Crippen LogP contribution is -2.22. The van der Waals surface area contributed by atoms with Crippen LogP contribution in [0.2, 0.25) is 5.02 Å². The second kappa shape index (κ2) is 8.74. The van der Waals surface area contributed by atoms with Crippen LogP contribution in [-0.2, 0) is 22.3 Å². The molecule has 12 heteroatoms. The van der Waals surface area contributed by atoms with E-state index in [1.165, 1.54) is 34.8 Å². The smallest absolute Gasteiger partial charge is 0.242 e. The van der Waals surface area contributed by atoms with Crippen molar-refractivity contribution in [1.29, 1.82) is 0 Å². The van der Waals surface area contributed by atoms with Gasteiger partial charge in [0.25, 0.3) is 0 Å². The molecule has 0 aliphatic rings. The molecule has 0 atom stereocenters. The van der Waals surface area contributed by atoms with Gasteiger partial charge in [-0.1, -0.05) is 35.5 Å². The zero-order valence-electron chi connectivity index (χ0n) is 17.7. The number of nitrogens with two attached hydrogens (primary N) is 1. The maximum absolute atomic E-state index is 12.5. The Morgan fingerprint density at radius 2 is 1.91 bits per heavy atom. The second-order valence-corrected chi connectivity index (χ2v) is 10.7. The van der Waals surface area contributed by atoms with E-state index in [1.807, 2.05) is 29.7 Å². The summed E-state index contributed by atoms with van der Waals surface area (Å²) in [4.78, 5) is 4.89. The van der Waals surface area contributed by atoms with Gasteiger partial charge in [-0.25, -0.2) is 22.4 Å². The zero-order chi connectivity index (χ0) is 23.0. The SMILES string of the molecule is CCn1c(CSc2nnc(-c3ccccc3Cl)n2N)nc2cc(S(=O)(=O)N(C)C)ccc21. The van der Waals surface area contributed by atoms with Gasteiger partial charge < -0.3 is 10.4 Å². The lowest BCUT2D eigenvalue weighted by Gasteiger charge is -2.11. The Labute approximate surface area is 195 Å². The third-order valence-corrected chi connectivity index (χ3v) is 8.08. The van der Waals surface area contributed by atoms with E-state index in [4.69, 9.17) is 17.4 Å². The summed E-state index contributed by atoms with van der Waals surface area (Å²) < 4.78 is 29.6. The molecule has 0 aliphatic carbocycles. The molecule has 4 rings (SSSR count). The van der Waals surface area contributed by atoms with Gasteiger partial charge in [0.1, 0.15) is 5.82 Å². The lowest BCUT2D eigenvalue weighted by atomic mass is 10.2. The van der Waals surface area contributed by atoms with Crippen LogP contribution in [0.25, 0.3) is 22.4 Å². The Hall–Kier alpha value is -2.60. The third-order valence-electron chi connectivity index (χ3n) is 5.00. The monoisotopic (exact) mass is 491 g/mol. The van der Waals surface area contributed by atoms with Crippen LogP contribution in [0.4, 0.5) is 0 Å². The number of fused-ring (bicyclic) bond motifs is 1. The molecule has 2 aromatic carbocycles. The molecule has 0 unspecified atom stereocenters. The minimum Gasteiger partial charge on any atom is -0.335 e. The Balaban J connectivity index is 1.63. The van der Waals surface area contributed by atoms with Crippen LogP contribution < -0.4 is 5.84 Å². The van der Waals surface area contributed by atoms with E-state index in [1.54, 1.807) is 24.3 Å². The van der Waals surface area contributed by atoms with Crippen molar-refractivity contribution in [2.24, 2.45) is 0 Å². The molecule has 0 radical (unpaired) electrons. The average Bonchev–Trinajstić information content (AvgIpc) is 3.31. The van der Waals surface area contributed by atoms with Gasteiger partial charge >= 0.3 is 0 Å². The highest BCUT2D eigenvalue weighted by molar-refractivity contribution is 7.98. The molecule has 32 heavy (non-hydrogen) atoms. The standard InChI is InChI=1S/C20H22ClN7O2S2/c1-4-27-17-10-9-13(32(29,30)26(2)3)11-16(17)23-18(27)12-31-20-25-24-19(28(20)22)14-7-5-6-8-15(14)21/h5-11H,4,12,22H2,1-3H3. The van der Waals surface area contributed by atoms with Gasteiger partial charge in [0, 0.05) is 26.2 Å². The van der Waals surface area contributed by atoms with Gasteiger partial charge in [-0.05, 0) is 37.3 Å². The first-order chi connectivity index (χ1) is 15.2. The van der Waals surface area contributed by atoms with Crippen LogP contribution in [0, 0.1) is 0 Å². The first-order valence-corrected chi connectivity index (χ1v) is 12.5. The molecule has 0 saturated carbocycles. The highest BCUT2D eigenvalue weighted by atomic mass is 35.5. The number of hydrogen-bond donors (Lipinski definition) is 1. The molecule has 4 aromatic rings. The number of hydrogen-bond acceptors (Lipinski definition) is 7. The fourth-order valence-electron chi connectivity index (χ4n) is 3.32. The maximum atomic E-state index is 12.5. The summed E-state index contributed by atoms with van der Waals surface area (Å²) >= 11 is 7.65. The normalized spacial score (nSPS) is 12.2. The molecule has 0 saturated heterocycles. The topological polar surface area (TPSA) is 112 Å². The van der Waals surface area contributed by atoms with Crippen molar-refractivity contribution >= 4 is 44.4 Å². The lowest BCUT2D eigenvalue weighted by molar-refractivity contribution is 0.521. The zero-order valence-corrected chi connectivity index (χ0v) is 20.1. The van der Waals surface area contributed by atoms with Crippen LogP contribution in [0.1, 0.15) is 12.7 Å². The number of imidazole rings is 1. The van der Waals surface area contributed by atoms with E-state index in [-0.39, 0.29) is 4.90 Å². The molecule has 2 heterocycles. The Bertz CT molecular complexity index is 1400. The van der Waals surface area contributed by atoms with Crippen molar-refractivity contribution in [3.8, 4) is 11.4 Å². The van der Waals surface area contributed by atoms with Crippen molar-refractivity contribution < 1.29 is 8.42 Å². The molecule has 9 nitrogen and oxygen atoms in total. The number of thioether (sulfide) groups is 1. The number of aryl methyl sites for hydroxylation is 1. The fraction of sp³-hybridized carbons (Fsp3) is 0.250. The number of nitrogens with zero attached hydrogens (tertiary/aromatic N) is 6. The first-order valence-electron chi connectivity index (χ1n) is 9.74. The Kier molecular flexibility index (Phi) is 6.17. The van der Waals surface area contributed by atoms with E-state index in [9.17, 15) is 8.42 Å². The first kappa shape index (κ1) is 22.6. The molecule has 2 N–H and O–H groups in total. The molecule has 0 fully saturated rings. The van der Waals surface area contributed by atoms with Gasteiger partial charge in [-0.2, -0.15) is 0 Å². The van der Waals surface area contributed by atoms with Crippen molar-refractivity contribution in [3.05, 3.63) is 53.3 Å². The fourth-order valence-corrected chi connectivity index (χ4v) is 5.27. The molecule has 0 spiro atoms. The minimum absolute atomic E-state index is 0.209. The highest BCUT2D eigenvalue weighted by Crippen LogP contribution is 2.30. The average molecular weight is 492 g/mol. The van der Waals surface area contributed by atoms with Gasteiger partial charge in [0.15, 0.2) is 5.82 Å². The molecule has 168 valence electrons. The minimum atomic E-state index is -3.54. The number of benzene rings is 2. The number of rotatable bonds is 7. The van der Waals surface area contributed by atoms with Crippen LogP contribution in [0.3, 0.4) is 0 Å².